The minimum atomic E-state index is 0.106. The topological polar surface area (TPSA) is 40.5 Å². The molecule has 0 aliphatic carbocycles. The molecule has 0 radical (unpaired) electrons. The van der Waals surface area contributed by atoms with E-state index >= 15 is 0 Å². The SMILES string of the molecule is CC1=CN(c2ccccc2O)C(C(C)C)CC1=O. The molecule has 1 unspecified atom stereocenters. The number of nitrogens with zero attached hydrogens (tertiary/aromatic N) is 1. The van der Waals surface area contributed by atoms with E-state index in [1.54, 1.807) is 12.1 Å². The third-order valence-corrected chi connectivity index (χ3v) is 3.45. The van der Waals surface area contributed by atoms with E-state index in [9.17, 15) is 9.90 Å². The molecule has 2 rings (SSSR count). The molecule has 0 saturated carbocycles. The highest BCUT2D eigenvalue weighted by atomic mass is 16.3. The quantitative estimate of drug-likeness (QED) is 0.870. The zero-order valence-corrected chi connectivity index (χ0v) is 11.1. The third-order valence-electron chi connectivity index (χ3n) is 3.45. The molecular formula is C15H19NO2. The van der Waals surface area contributed by atoms with Gasteiger partial charge in [0.15, 0.2) is 5.78 Å². The van der Waals surface area contributed by atoms with Gasteiger partial charge in [0.2, 0.25) is 0 Å². The zero-order chi connectivity index (χ0) is 13.3. The Hall–Kier alpha value is -1.77. The van der Waals surface area contributed by atoms with E-state index < -0.39 is 0 Å². The Morgan fingerprint density at radius 1 is 1.33 bits per heavy atom. The van der Waals surface area contributed by atoms with E-state index in [1.807, 2.05) is 30.2 Å². The van der Waals surface area contributed by atoms with Crippen molar-refractivity contribution in [1.29, 1.82) is 0 Å². The maximum Gasteiger partial charge on any atom is 0.162 e. The Morgan fingerprint density at radius 2 is 2.00 bits per heavy atom. The second kappa shape index (κ2) is 4.84. The van der Waals surface area contributed by atoms with Crippen molar-refractivity contribution in [2.24, 2.45) is 5.92 Å². The molecule has 1 aliphatic heterocycles. The average Bonchev–Trinajstić information content (AvgIpc) is 2.32. The Morgan fingerprint density at radius 3 is 2.61 bits per heavy atom. The molecule has 0 saturated heterocycles. The molecule has 0 fully saturated rings. The van der Waals surface area contributed by atoms with Crippen LogP contribution >= 0.6 is 0 Å². The smallest absolute Gasteiger partial charge is 0.162 e. The minimum absolute atomic E-state index is 0.106. The predicted molar refractivity (Wildman–Crippen MR) is 72.6 cm³/mol. The molecule has 1 atom stereocenters. The highest BCUT2D eigenvalue weighted by Crippen LogP contribution is 2.34. The van der Waals surface area contributed by atoms with Crippen LogP contribution in [0.2, 0.25) is 0 Å². The van der Waals surface area contributed by atoms with E-state index in [-0.39, 0.29) is 17.6 Å². The number of aromatic hydroxyl groups is 1. The number of ketones is 1. The summed E-state index contributed by atoms with van der Waals surface area (Å²) in [7, 11) is 0. The van der Waals surface area contributed by atoms with Crippen LogP contribution in [0, 0.1) is 5.92 Å². The highest BCUT2D eigenvalue weighted by molar-refractivity contribution is 5.97. The van der Waals surface area contributed by atoms with Crippen LogP contribution in [0.5, 0.6) is 5.75 Å². The first kappa shape index (κ1) is 12.7. The summed E-state index contributed by atoms with van der Waals surface area (Å²) in [5, 5.41) is 9.96. The molecule has 1 heterocycles. The van der Waals surface area contributed by atoms with Gasteiger partial charge in [0, 0.05) is 24.2 Å². The Balaban J connectivity index is 2.45. The first-order chi connectivity index (χ1) is 8.50. The maximum absolute atomic E-state index is 11.8. The second-order valence-corrected chi connectivity index (χ2v) is 5.15. The third kappa shape index (κ3) is 2.26. The molecular weight excluding hydrogens is 226 g/mol. The van der Waals surface area contributed by atoms with Crippen LogP contribution in [0.1, 0.15) is 27.2 Å². The van der Waals surface area contributed by atoms with Gasteiger partial charge in [-0.15, -0.1) is 0 Å². The number of allylic oxidation sites excluding steroid dienone is 1. The van der Waals surface area contributed by atoms with Gasteiger partial charge in [0.25, 0.3) is 0 Å². The Labute approximate surface area is 108 Å². The number of phenolic OH excluding ortho intramolecular Hbond substituents is 1. The van der Waals surface area contributed by atoms with E-state index in [0.29, 0.717) is 12.3 Å². The molecule has 1 aliphatic rings. The number of rotatable bonds is 2. The van der Waals surface area contributed by atoms with Crippen LogP contribution in [-0.2, 0) is 4.79 Å². The van der Waals surface area contributed by atoms with Gasteiger partial charge in [-0.3, -0.25) is 4.79 Å². The van der Waals surface area contributed by atoms with Gasteiger partial charge in [-0.2, -0.15) is 0 Å². The molecule has 0 bridgehead atoms. The van der Waals surface area contributed by atoms with E-state index in [2.05, 4.69) is 13.8 Å². The summed E-state index contributed by atoms with van der Waals surface area (Å²) >= 11 is 0. The van der Waals surface area contributed by atoms with Crippen molar-refractivity contribution in [2.45, 2.75) is 33.2 Å². The number of Topliss-reactive ketones (excluding diaryl/α,β-unsaturated/α-hetero) is 1. The lowest BCUT2D eigenvalue weighted by Crippen LogP contribution is -2.40. The van der Waals surface area contributed by atoms with Crippen molar-refractivity contribution in [3.05, 3.63) is 36.0 Å². The summed E-state index contributed by atoms with van der Waals surface area (Å²) in [5.41, 5.74) is 1.51. The number of anilines is 1. The normalized spacial score (nSPS) is 20.2. The molecule has 3 nitrogen and oxygen atoms in total. The molecule has 0 amide bonds. The largest absolute Gasteiger partial charge is 0.506 e. The summed E-state index contributed by atoms with van der Waals surface area (Å²) in [6, 6.07) is 7.35. The first-order valence-corrected chi connectivity index (χ1v) is 6.28. The summed E-state index contributed by atoms with van der Waals surface area (Å²) in [6.45, 7) is 6.02. The fourth-order valence-electron chi connectivity index (χ4n) is 2.31. The molecule has 0 aromatic heterocycles. The predicted octanol–water partition coefficient (Wildman–Crippen LogP) is 3.10. The Bertz CT molecular complexity index is 491. The molecule has 1 N–H and O–H groups in total. The van der Waals surface area contributed by atoms with Crippen LogP contribution in [-0.4, -0.2) is 16.9 Å². The van der Waals surface area contributed by atoms with Crippen LogP contribution in [0.4, 0.5) is 5.69 Å². The van der Waals surface area contributed by atoms with E-state index in [1.165, 1.54) is 0 Å². The lowest BCUT2D eigenvalue weighted by molar-refractivity contribution is -0.116. The fraction of sp³-hybridized carbons (Fsp3) is 0.400. The second-order valence-electron chi connectivity index (χ2n) is 5.15. The van der Waals surface area contributed by atoms with Crippen molar-refractivity contribution in [1.82, 2.24) is 0 Å². The highest BCUT2D eigenvalue weighted by Gasteiger charge is 2.29. The number of phenols is 1. The number of benzene rings is 1. The van der Waals surface area contributed by atoms with Gasteiger partial charge in [0.05, 0.1) is 5.69 Å². The van der Waals surface area contributed by atoms with Crippen LogP contribution in [0.3, 0.4) is 0 Å². The van der Waals surface area contributed by atoms with Gasteiger partial charge >= 0.3 is 0 Å². The number of carbonyl (C=O) groups excluding carboxylic acids is 1. The van der Waals surface area contributed by atoms with Crippen molar-refractivity contribution in [3.63, 3.8) is 0 Å². The molecule has 3 heteroatoms. The van der Waals surface area contributed by atoms with Gasteiger partial charge in [0.1, 0.15) is 5.75 Å². The molecule has 0 spiro atoms. The summed E-state index contributed by atoms with van der Waals surface area (Å²) in [4.78, 5) is 13.8. The number of hydrogen-bond acceptors (Lipinski definition) is 3. The molecule has 1 aromatic rings. The summed E-state index contributed by atoms with van der Waals surface area (Å²) in [6.07, 6.45) is 2.36. The van der Waals surface area contributed by atoms with Crippen molar-refractivity contribution in [3.8, 4) is 5.75 Å². The monoisotopic (exact) mass is 245 g/mol. The van der Waals surface area contributed by atoms with Gasteiger partial charge in [-0.05, 0) is 25.0 Å². The van der Waals surface area contributed by atoms with Gasteiger partial charge < -0.3 is 10.0 Å². The summed E-state index contributed by atoms with van der Waals surface area (Å²) < 4.78 is 0. The van der Waals surface area contributed by atoms with Gasteiger partial charge in [-0.1, -0.05) is 26.0 Å². The summed E-state index contributed by atoms with van der Waals surface area (Å²) in [5.74, 6) is 0.792. The van der Waals surface area contributed by atoms with Gasteiger partial charge in [-0.25, -0.2) is 0 Å². The minimum Gasteiger partial charge on any atom is -0.506 e. The molecule has 18 heavy (non-hydrogen) atoms. The van der Waals surface area contributed by atoms with E-state index in [4.69, 9.17) is 0 Å². The fourth-order valence-corrected chi connectivity index (χ4v) is 2.31. The van der Waals surface area contributed by atoms with Crippen molar-refractivity contribution in [2.75, 3.05) is 4.90 Å². The van der Waals surface area contributed by atoms with Crippen LogP contribution in [0.25, 0.3) is 0 Å². The Kier molecular flexibility index (Phi) is 3.41. The molecule has 1 aromatic carbocycles. The molecule has 96 valence electrons. The standard InChI is InChI=1S/C15H19NO2/c1-10(2)13-8-15(18)11(3)9-16(13)12-6-4-5-7-14(12)17/h4-7,9-10,13,17H,8H2,1-3H3. The van der Waals surface area contributed by atoms with Crippen molar-refractivity contribution >= 4 is 11.5 Å². The van der Waals surface area contributed by atoms with Crippen molar-refractivity contribution < 1.29 is 9.90 Å². The lowest BCUT2D eigenvalue weighted by Gasteiger charge is -2.37. The van der Waals surface area contributed by atoms with Crippen LogP contribution in [0.15, 0.2) is 36.0 Å². The average molecular weight is 245 g/mol. The number of hydrogen-bond donors (Lipinski definition) is 1. The zero-order valence-electron chi connectivity index (χ0n) is 11.1. The first-order valence-electron chi connectivity index (χ1n) is 6.28. The van der Waals surface area contributed by atoms with E-state index in [0.717, 1.165) is 11.3 Å². The van der Waals surface area contributed by atoms with Crippen LogP contribution < -0.4 is 4.90 Å². The lowest BCUT2D eigenvalue weighted by atomic mass is 9.91. The number of carbonyl (C=O) groups is 1. The maximum atomic E-state index is 11.8. The number of para-hydroxylation sites is 2.